The summed E-state index contributed by atoms with van der Waals surface area (Å²) in [6.07, 6.45) is 2.74. The van der Waals surface area contributed by atoms with Gasteiger partial charge in [-0.05, 0) is 49.1 Å². The van der Waals surface area contributed by atoms with Crippen molar-refractivity contribution in [3.8, 4) is 0 Å². The molecule has 1 atom stereocenters. The molecule has 3 rings (SSSR count). The first-order valence-corrected chi connectivity index (χ1v) is 14.6. The van der Waals surface area contributed by atoms with Crippen LogP contribution >= 0.6 is 0 Å². The fraction of sp³-hybridized carbons (Fsp3) is 0.333. The lowest BCUT2D eigenvalue weighted by atomic mass is 10.1. The number of para-hydroxylation sites is 1. The Labute approximate surface area is 226 Å². The lowest BCUT2D eigenvalue weighted by Crippen LogP contribution is -2.53. The standard InChI is InChI=1S/C30H37N3O4S/c1-3-5-22-31-30(35)28(4-2)32(23-21-25-15-9-6-10-16-25)29(34)24-33(26-17-11-7-12-18-26)38(36,37)27-19-13-8-14-20-27/h6-20,28H,3-5,21-24H2,1-2H3,(H,31,35). The van der Waals surface area contributed by atoms with Gasteiger partial charge in [0.1, 0.15) is 12.6 Å². The van der Waals surface area contributed by atoms with Crippen LogP contribution in [0.3, 0.4) is 0 Å². The monoisotopic (exact) mass is 535 g/mol. The molecule has 7 nitrogen and oxygen atoms in total. The Hall–Kier alpha value is -3.65. The summed E-state index contributed by atoms with van der Waals surface area (Å²) in [7, 11) is -4.03. The SMILES string of the molecule is CCCCNC(=O)C(CC)N(CCc1ccccc1)C(=O)CN(c1ccccc1)S(=O)(=O)c1ccccc1. The first-order valence-electron chi connectivity index (χ1n) is 13.1. The fourth-order valence-corrected chi connectivity index (χ4v) is 5.68. The van der Waals surface area contributed by atoms with Crippen LogP contribution in [0.15, 0.2) is 95.9 Å². The van der Waals surface area contributed by atoms with Crippen molar-refractivity contribution in [3.63, 3.8) is 0 Å². The molecule has 3 aromatic rings. The molecule has 0 aliphatic heterocycles. The van der Waals surface area contributed by atoms with E-state index in [2.05, 4.69) is 5.32 Å². The number of benzene rings is 3. The van der Waals surface area contributed by atoms with Crippen molar-refractivity contribution in [1.29, 1.82) is 0 Å². The summed E-state index contributed by atoms with van der Waals surface area (Å²) < 4.78 is 28.5. The van der Waals surface area contributed by atoms with E-state index < -0.39 is 28.5 Å². The molecule has 3 aromatic carbocycles. The molecule has 0 aromatic heterocycles. The predicted octanol–water partition coefficient (Wildman–Crippen LogP) is 4.65. The second-order valence-electron chi connectivity index (χ2n) is 9.05. The van der Waals surface area contributed by atoms with Gasteiger partial charge in [-0.25, -0.2) is 8.42 Å². The van der Waals surface area contributed by atoms with Crippen molar-refractivity contribution >= 4 is 27.5 Å². The van der Waals surface area contributed by atoms with E-state index in [-0.39, 0.29) is 17.3 Å². The Bertz CT molecular complexity index is 1250. The van der Waals surface area contributed by atoms with Gasteiger partial charge < -0.3 is 10.2 Å². The largest absolute Gasteiger partial charge is 0.354 e. The summed E-state index contributed by atoms with van der Waals surface area (Å²) in [5, 5.41) is 2.94. The van der Waals surface area contributed by atoms with E-state index in [0.717, 1.165) is 22.7 Å². The number of anilines is 1. The number of nitrogens with zero attached hydrogens (tertiary/aromatic N) is 2. The number of hydrogen-bond donors (Lipinski definition) is 1. The molecular formula is C30H37N3O4S. The summed E-state index contributed by atoms with van der Waals surface area (Å²) in [6.45, 7) is 4.31. The maximum Gasteiger partial charge on any atom is 0.264 e. The van der Waals surface area contributed by atoms with Crippen molar-refractivity contribution in [3.05, 3.63) is 96.6 Å². The van der Waals surface area contributed by atoms with Crippen LogP contribution in [0.2, 0.25) is 0 Å². The van der Waals surface area contributed by atoms with Gasteiger partial charge in [0.15, 0.2) is 0 Å². The van der Waals surface area contributed by atoms with E-state index >= 15 is 0 Å². The van der Waals surface area contributed by atoms with E-state index in [1.165, 1.54) is 17.0 Å². The second-order valence-corrected chi connectivity index (χ2v) is 10.9. The van der Waals surface area contributed by atoms with Crippen molar-refractivity contribution in [2.75, 3.05) is 23.9 Å². The summed E-state index contributed by atoms with van der Waals surface area (Å²) in [5.41, 5.74) is 1.41. The van der Waals surface area contributed by atoms with Gasteiger partial charge in [-0.1, -0.05) is 87.0 Å². The normalized spacial score (nSPS) is 11.9. The molecule has 0 spiro atoms. The van der Waals surface area contributed by atoms with Crippen LogP contribution in [0.1, 0.15) is 38.7 Å². The van der Waals surface area contributed by atoms with Gasteiger partial charge in [-0.2, -0.15) is 0 Å². The highest BCUT2D eigenvalue weighted by molar-refractivity contribution is 7.92. The molecule has 0 saturated carbocycles. The first kappa shape index (κ1) is 28.9. The molecule has 1 N–H and O–H groups in total. The van der Waals surface area contributed by atoms with Gasteiger partial charge in [-0.15, -0.1) is 0 Å². The van der Waals surface area contributed by atoms with Crippen LogP contribution in [-0.4, -0.2) is 50.8 Å². The third-order valence-electron chi connectivity index (χ3n) is 6.35. The topological polar surface area (TPSA) is 86.8 Å². The lowest BCUT2D eigenvalue weighted by molar-refractivity contribution is -0.139. The van der Waals surface area contributed by atoms with Crippen LogP contribution in [0.5, 0.6) is 0 Å². The average Bonchev–Trinajstić information content (AvgIpc) is 2.95. The number of sulfonamides is 1. The van der Waals surface area contributed by atoms with Crippen molar-refractivity contribution in [1.82, 2.24) is 10.2 Å². The predicted molar refractivity (Wildman–Crippen MR) is 151 cm³/mol. The van der Waals surface area contributed by atoms with Gasteiger partial charge in [0.05, 0.1) is 10.6 Å². The zero-order chi connectivity index (χ0) is 27.4. The molecule has 0 fully saturated rings. The zero-order valence-corrected chi connectivity index (χ0v) is 22.9. The zero-order valence-electron chi connectivity index (χ0n) is 22.1. The lowest BCUT2D eigenvalue weighted by Gasteiger charge is -2.33. The summed E-state index contributed by atoms with van der Waals surface area (Å²) in [4.78, 5) is 28.7. The Balaban J connectivity index is 1.94. The Morgan fingerprint density at radius 1 is 0.842 bits per heavy atom. The molecule has 0 saturated heterocycles. The Morgan fingerprint density at radius 2 is 1.42 bits per heavy atom. The number of hydrogen-bond acceptors (Lipinski definition) is 4. The number of carbonyl (C=O) groups is 2. The molecule has 0 aliphatic rings. The Kier molecular flexibility index (Phi) is 10.9. The van der Waals surface area contributed by atoms with Crippen molar-refractivity contribution in [2.45, 2.75) is 50.5 Å². The van der Waals surface area contributed by atoms with E-state index in [1.54, 1.807) is 48.5 Å². The molecule has 0 radical (unpaired) electrons. The van der Waals surface area contributed by atoms with Gasteiger partial charge in [0.25, 0.3) is 10.0 Å². The highest BCUT2D eigenvalue weighted by Crippen LogP contribution is 2.24. The van der Waals surface area contributed by atoms with Gasteiger partial charge in [0.2, 0.25) is 11.8 Å². The Morgan fingerprint density at radius 3 is 2.00 bits per heavy atom. The summed E-state index contributed by atoms with van der Waals surface area (Å²) in [6, 6.07) is 25.7. The summed E-state index contributed by atoms with van der Waals surface area (Å²) in [5.74, 6) is -0.652. The van der Waals surface area contributed by atoms with E-state index in [0.29, 0.717) is 25.1 Å². The molecular weight excluding hydrogens is 498 g/mol. The quantitative estimate of drug-likeness (QED) is 0.305. The minimum atomic E-state index is -4.03. The molecule has 202 valence electrons. The minimum absolute atomic E-state index is 0.0943. The van der Waals surface area contributed by atoms with E-state index in [9.17, 15) is 18.0 Å². The number of carbonyl (C=O) groups excluding carboxylic acids is 2. The molecule has 0 aliphatic carbocycles. The minimum Gasteiger partial charge on any atom is -0.354 e. The van der Waals surface area contributed by atoms with Gasteiger partial charge in [0, 0.05) is 13.1 Å². The first-order chi connectivity index (χ1) is 18.4. The third kappa shape index (κ3) is 7.68. The third-order valence-corrected chi connectivity index (χ3v) is 8.14. The maximum atomic E-state index is 13.9. The van der Waals surface area contributed by atoms with Crippen LogP contribution < -0.4 is 9.62 Å². The molecule has 0 heterocycles. The number of amides is 2. The van der Waals surface area contributed by atoms with Crippen LogP contribution in [-0.2, 0) is 26.0 Å². The highest BCUT2D eigenvalue weighted by Gasteiger charge is 2.33. The molecule has 2 amide bonds. The van der Waals surface area contributed by atoms with Crippen LogP contribution in [0.25, 0.3) is 0 Å². The second kappa shape index (κ2) is 14.3. The average molecular weight is 536 g/mol. The molecule has 8 heteroatoms. The van der Waals surface area contributed by atoms with Crippen LogP contribution in [0.4, 0.5) is 5.69 Å². The summed E-state index contributed by atoms with van der Waals surface area (Å²) >= 11 is 0. The molecule has 1 unspecified atom stereocenters. The molecule has 38 heavy (non-hydrogen) atoms. The van der Waals surface area contributed by atoms with E-state index in [1.807, 2.05) is 44.2 Å². The smallest absolute Gasteiger partial charge is 0.264 e. The number of unbranched alkanes of at least 4 members (excludes halogenated alkanes) is 1. The van der Waals surface area contributed by atoms with E-state index in [4.69, 9.17) is 0 Å². The van der Waals surface area contributed by atoms with Gasteiger partial charge >= 0.3 is 0 Å². The van der Waals surface area contributed by atoms with Crippen molar-refractivity contribution in [2.24, 2.45) is 0 Å². The highest BCUT2D eigenvalue weighted by atomic mass is 32.2. The molecule has 0 bridgehead atoms. The maximum absolute atomic E-state index is 13.9. The van der Waals surface area contributed by atoms with Gasteiger partial charge in [-0.3, -0.25) is 13.9 Å². The number of nitrogens with one attached hydrogen (secondary N) is 1. The fourth-order valence-electron chi connectivity index (χ4n) is 4.24. The van der Waals surface area contributed by atoms with Crippen molar-refractivity contribution < 1.29 is 18.0 Å². The van der Waals surface area contributed by atoms with Crippen LogP contribution in [0, 0.1) is 0 Å². The number of rotatable bonds is 14.